The third kappa shape index (κ3) is 6.07. The van der Waals surface area contributed by atoms with Gasteiger partial charge in [-0.25, -0.2) is 14.0 Å². The molecule has 0 bridgehead atoms. The fourth-order valence-corrected chi connectivity index (χ4v) is 5.42. The van der Waals surface area contributed by atoms with Gasteiger partial charge in [0.15, 0.2) is 0 Å². The van der Waals surface area contributed by atoms with Crippen LogP contribution in [0.2, 0.25) is 0 Å². The van der Waals surface area contributed by atoms with E-state index in [1.807, 2.05) is 36.4 Å². The summed E-state index contributed by atoms with van der Waals surface area (Å²) in [5.74, 6) is 0.391. The summed E-state index contributed by atoms with van der Waals surface area (Å²) in [5.41, 5.74) is 6.42. The first-order valence-corrected chi connectivity index (χ1v) is 14.0. The molecule has 1 saturated heterocycles. The number of halogens is 1. The number of fused-ring (bicyclic) bond motifs is 3. The van der Waals surface area contributed by atoms with Gasteiger partial charge in [0.2, 0.25) is 0 Å². The van der Waals surface area contributed by atoms with Gasteiger partial charge in [0.05, 0.1) is 0 Å². The lowest BCUT2D eigenvalue weighted by molar-refractivity contribution is 0.0572. The SMILES string of the molecule is O=C(OCc1ccc(OCc2ccc(F)cc2)cc1)N1CCN(C(=O)OCC2c3ccccc3-c3ccccc32)CC1. The van der Waals surface area contributed by atoms with E-state index in [1.54, 1.807) is 34.1 Å². The fraction of sp³-hybridized carbons (Fsp3) is 0.235. The second-order valence-corrected chi connectivity index (χ2v) is 10.4. The predicted octanol–water partition coefficient (Wildman–Crippen LogP) is 6.61. The molecule has 42 heavy (non-hydrogen) atoms. The lowest BCUT2D eigenvalue weighted by atomic mass is 9.98. The Bertz CT molecular complexity index is 1500. The van der Waals surface area contributed by atoms with E-state index >= 15 is 0 Å². The van der Waals surface area contributed by atoms with E-state index in [4.69, 9.17) is 14.2 Å². The highest BCUT2D eigenvalue weighted by molar-refractivity contribution is 5.79. The summed E-state index contributed by atoms with van der Waals surface area (Å²) >= 11 is 0. The molecule has 4 aromatic rings. The first-order chi connectivity index (χ1) is 20.5. The van der Waals surface area contributed by atoms with E-state index in [0.29, 0.717) is 38.5 Å². The van der Waals surface area contributed by atoms with Gasteiger partial charge in [0.1, 0.15) is 31.4 Å². The lowest BCUT2D eigenvalue weighted by Crippen LogP contribution is -2.51. The van der Waals surface area contributed by atoms with Crippen molar-refractivity contribution < 1.29 is 28.2 Å². The molecule has 0 unspecified atom stereocenters. The van der Waals surface area contributed by atoms with Gasteiger partial charge in [0.25, 0.3) is 0 Å². The molecule has 0 spiro atoms. The van der Waals surface area contributed by atoms with Crippen molar-refractivity contribution in [3.05, 3.63) is 125 Å². The second kappa shape index (κ2) is 12.3. The van der Waals surface area contributed by atoms with Crippen LogP contribution in [0.15, 0.2) is 97.1 Å². The van der Waals surface area contributed by atoms with E-state index in [2.05, 4.69) is 24.3 Å². The topological polar surface area (TPSA) is 68.3 Å². The number of piperazine rings is 1. The van der Waals surface area contributed by atoms with Crippen LogP contribution < -0.4 is 4.74 Å². The second-order valence-electron chi connectivity index (χ2n) is 10.4. The van der Waals surface area contributed by atoms with Crippen molar-refractivity contribution in [3.8, 4) is 16.9 Å². The zero-order valence-corrected chi connectivity index (χ0v) is 23.1. The Morgan fingerprint density at radius 2 is 1.14 bits per heavy atom. The third-order valence-corrected chi connectivity index (χ3v) is 7.74. The lowest BCUT2D eigenvalue weighted by Gasteiger charge is -2.33. The van der Waals surface area contributed by atoms with Crippen LogP contribution in [0.25, 0.3) is 11.1 Å². The Kier molecular flexibility index (Phi) is 8.03. The minimum atomic E-state index is -0.418. The molecule has 8 heteroatoms. The Morgan fingerprint density at radius 3 is 1.74 bits per heavy atom. The summed E-state index contributed by atoms with van der Waals surface area (Å²) in [4.78, 5) is 28.8. The molecule has 1 fully saturated rings. The zero-order valence-electron chi connectivity index (χ0n) is 23.1. The van der Waals surface area contributed by atoms with Crippen molar-refractivity contribution in [3.63, 3.8) is 0 Å². The number of carbonyl (C=O) groups excluding carboxylic acids is 2. The molecular weight excluding hydrogens is 535 g/mol. The van der Waals surface area contributed by atoms with Crippen molar-refractivity contribution >= 4 is 12.2 Å². The minimum absolute atomic E-state index is 0.00745. The zero-order chi connectivity index (χ0) is 28.9. The molecular formula is C34H31FN2O5. The predicted molar refractivity (Wildman–Crippen MR) is 156 cm³/mol. The summed E-state index contributed by atoms with van der Waals surface area (Å²) in [5, 5.41) is 0. The highest BCUT2D eigenvalue weighted by atomic mass is 19.1. The average molecular weight is 567 g/mol. The maximum absolute atomic E-state index is 13.0. The van der Waals surface area contributed by atoms with Crippen LogP contribution in [0.1, 0.15) is 28.2 Å². The number of hydrogen-bond acceptors (Lipinski definition) is 5. The first-order valence-electron chi connectivity index (χ1n) is 14.0. The molecule has 0 aromatic heterocycles. The van der Waals surface area contributed by atoms with Gasteiger partial charge < -0.3 is 24.0 Å². The highest BCUT2D eigenvalue weighted by Crippen LogP contribution is 2.44. The summed E-state index contributed by atoms with van der Waals surface area (Å²) in [6.45, 7) is 2.24. The van der Waals surface area contributed by atoms with Crippen LogP contribution >= 0.6 is 0 Å². The molecule has 0 atom stereocenters. The first kappa shape index (κ1) is 27.3. The van der Waals surface area contributed by atoms with Crippen molar-refractivity contribution in [2.45, 2.75) is 19.1 Å². The molecule has 0 N–H and O–H groups in total. The van der Waals surface area contributed by atoms with Crippen LogP contribution in [0.5, 0.6) is 5.75 Å². The molecule has 7 nitrogen and oxygen atoms in total. The molecule has 1 aliphatic heterocycles. The summed E-state index contributed by atoms with van der Waals surface area (Å²) in [6, 6.07) is 29.9. The number of hydrogen-bond donors (Lipinski definition) is 0. The van der Waals surface area contributed by atoms with Crippen molar-refractivity contribution in [1.29, 1.82) is 0 Å². The largest absolute Gasteiger partial charge is 0.489 e. The molecule has 6 rings (SSSR count). The monoisotopic (exact) mass is 566 g/mol. The minimum Gasteiger partial charge on any atom is -0.489 e. The Labute approximate surface area is 244 Å². The third-order valence-electron chi connectivity index (χ3n) is 7.74. The van der Waals surface area contributed by atoms with Gasteiger partial charge in [-0.15, -0.1) is 0 Å². The molecule has 2 amide bonds. The van der Waals surface area contributed by atoms with Gasteiger partial charge >= 0.3 is 12.2 Å². The normalized spacial score (nSPS) is 14.2. The maximum atomic E-state index is 13.0. The van der Waals surface area contributed by atoms with E-state index in [-0.39, 0.29) is 31.0 Å². The quantitative estimate of drug-likeness (QED) is 0.252. The van der Waals surface area contributed by atoms with Crippen molar-refractivity contribution in [2.75, 3.05) is 32.8 Å². The van der Waals surface area contributed by atoms with E-state index in [0.717, 1.165) is 11.1 Å². The Balaban J connectivity index is 0.934. The molecule has 0 saturated carbocycles. The van der Waals surface area contributed by atoms with Crippen LogP contribution in [0.4, 0.5) is 14.0 Å². The van der Waals surface area contributed by atoms with Gasteiger partial charge in [-0.2, -0.15) is 0 Å². The van der Waals surface area contributed by atoms with Crippen LogP contribution in [0.3, 0.4) is 0 Å². The van der Waals surface area contributed by atoms with Crippen LogP contribution in [-0.2, 0) is 22.7 Å². The number of ether oxygens (including phenoxy) is 3. The number of benzene rings is 4. The molecule has 1 heterocycles. The standard InChI is InChI=1S/C34H31FN2O5/c35-26-13-9-24(10-14-26)21-40-27-15-11-25(12-16-27)22-41-33(38)36-17-19-37(20-18-36)34(39)42-23-32-30-7-3-1-5-28(30)29-6-2-4-8-31(29)32/h1-16,32H,17-23H2. The Morgan fingerprint density at radius 1 is 0.643 bits per heavy atom. The van der Waals surface area contributed by atoms with Crippen molar-refractivity contribution in [1.82, 2.24) is 9.80 Å². The summed E-state index contributed by atoms with van der Waals surface area (Å²) < 4.78 is 30.0. The van der Waals surface area contributed by atoms with Gasteiger partial charge in [-0.1, -0.05) is 72.8 Å². The molecule has 214 valence electrons. The summed E-state index contributed by atoms with van der Waals surface area (Å²) in [6.07, 6.45) is -0.787. The van der Waals surface area contributed by atoms with Crippen LogP contribution in [-0.4, -0.2) is 54.8 Å². The molecule has 4 aromatic carbocycles. The number of carbonyl (C=O) groups is 2. The average Bonchev–Trinajstić information content (AvgIpc) is 3.36. The molecule has 0 radical (unpaired) electrons. The Hall–Kier alpha value is -4.85. The smallest absolute Gasteiger partial charge is 0.410 e. The van der Waals surface area contributed by atoms with E-state index in [1.165, 1.54) is 34.4 Å². The van der Waals surface area contributed by atoms with Crippen LogP contribution in [0, 0.1) is 5.82 Å². The molecule has 1 aliphatic carbocycles. The number of amides is 2. The van der Waals surface area contributed by atoms with E-state index < -0.39 is 6.09 Å². The highest BCUT2D eigenvalue weighted by Gasteiger charge is 2.31. The fourth-order valence-electron chi connectivity index (χ4n) is 5.42. The van der Waals surface area contributed by atoms with Gasteiger partial charge in [-0.05, 0) is 57.6 Å². The van der Waals surface area contributed by atoms with E-state index in [9.17, 15) is 14.0 Å². The number of nitrogens with zero attached hydrogens (tertiary/aromatic N) is 2. The van der Waals surface area contributed by atoms with Gasteiger partial charge in [-0.3, -0.25) is 0 Å². The number of rotatable bonds is 7. The maximum Gasteiger partial charge on any atom is 0.410 e. The summed E-state index contributed by atoms with van der Waals surface area (Å²) in [7, 11) is 0. The molecule has 2 aliphatic rings. The van der Waals surface area contributed by atoms with Crippen molar-refractivity contribution in [2.24, 2.45) is 0 Å². The van der Waals surface area contributed by atoms with Gasteiger partial charge in [0, 0.05) is 32.1 Å².